The maximum atomic E-state index is 12.6. The smallest absolute Gasteiger partial charge is 0.317 e. The highest BCUT2D eigenvalue weighted by molar-refractivity contribution is 5.81. The molecule has 0 radical (unpaired) electrons. The first-order chi connectivity index (χ1) is 12.1. The van der Waals surface area contributed by atoms with Crippen LogP contribution >= 0.6 is 0 Å². The number of rotatable bonds is 4. The third-order valence-corrected chi connectivity index (χ3v) is 6.26. The Morgan fingerprint density at radius 3 is 2.56 bits per heavy atom. The summed E-state index contributed by atoms with van der Waals surface area (Å²) in [6, 6.07) is 0.358. The van der Waals surface area contributed by atoms with Crippen LogP contribution in [-0.2, 0) is 4.79 Å². The summed E-state index contributed by atoms with van der Waals surface area (Å²) < 4.78 is 0. The SMILES string of the molecule is CC1(CNC(=O)C2CCCN(C(=O)NC3CCCC3)C2)CCNCC1. The molecule has 1 aliphatic carbocycles. The number of piperidine rings is 2. The van der Waals surface area contributed by atoms with E-state index in [9.17, 15) is 9.59 Å². The maximum absolute atomic E-state index is 12.6. The summed E-state index contributed by atoms with van der Waals surface area (Å²) in [5.74, 6) is 0.0616. The topological polar surface area (TPSA) is 73.5 Å². The van der Waals surface area contributed by atoms with Crippen molar-refractivity contribution >= 4 is 11.9 Å². The van der Waals surface area contributed by atoms with Gasteiger partial charge < -0.3 is 20.9 Å². The van der Waals surface area contributed by atoms with Crippen LogP contribution in [0.15, 0.2) is 0 Å². The molecule has 3 amide bonds. The lowest BCUT2D eigenvalue weighted by atomic mass is 9.81. The second-order valence-corrected chi connectivity index (χ2v) is 8.49. The van der Waals surface area contributed by atoms with Gasteiger partial charge in [0.15, 0.2) is 0 Å². The van der Waals surface area contributed by atoms with E-state index in [4.69, 9.17) is 0 Å². The highest BCUT2D eigenvalue weighted by Gasteiger charge is 2.32. The molecule has 0 aromatic heterocycles. The van der Waals surface area contributed by atoms with Crippen molar-refractivity contribution in [1.29, 1.82) is 0 Å². The van der Waals surface area contributed by atoms with Crippen molar-refractivity contribution in [3.05, 3.63) is 0 Å². The summed E-state index contributed by atoms with van der Waals surface area (Å²) in [5.41, 5.74) is 0.203. The minimum atomic E-state index is -0.0617. The van der Waals surface area contributed by atoms with Gasteiger partial charge in [0, 0.05) is 25.7 Å². The molecular weight excluding hydrogens is 316 g/mol. The van der Waals surface area contributed by atoms with Crippen molar-refractivity contribution in [3.8, 4) is 0 Å². The van der Waals surface area contributed by atoms with E-state index in [2.05, 4.69) is 22.9 Å². The Hall–Kier alpha value is -1.30. The number of nitrogens with zero attached hydrogens (tertiary/aromatic N) is 1. The van der Waals surface area contributed by atoms with Crippen LogP contribution < -0.4 is 16.0 Å². The Balaban J connectivity index is 1.45. The van der Waals surface area contributed by atoms with Gasteiger partial charge in [-0.25, -0.2) is 4.79 Å². The Bertz CT molecular complexity index is 470. The second kappa shape index (κ2) is 8.39. The molecule has 25 heavy (non-hydrogen) atoms. The molecule has 6 heteroatoms. The number of likely N-dealkylation sites (tertiary alicyclic amines) is 1. The lowest BCUT2D eigenvalue weighted by molar-refractivity contribution is -0.126. The molecule has 3 aliphatic rings. The van der Waals surface area contributed by atoms with Gasteiger partial charge >= 0.3 is 6.03 Å². The first kappa shape index (κ1) is 18.5. The highest BCUT2D eigenvalue weighted by atomic mass is 16.2. The molecular formula is C19H34N4O2. The van der Waals surface area contributed by atoms with Crippen molar-refractivity contribution in [2.45, 2.75) is 64.3 Å². The summed E-state index contributed by atoms with van der Waals surface area (Å²) in [7, 11) is 0. The van der Waals surface area contributed by atoms with E-state index in [0.29, 0.717) is 12.6 Å². The van der Waals surface area contributed by atoms with Crippen LogP contribution in [0.5, 0.6) is 0 Å². The van der Waals surface area contributed by atoms with Crippen molar-refractivity contribution in [2.24, 2.45) is 11.3 Å². The minimum absolute atomic E-state index is 0.0229. The second-order valence-electron chi connectivity index (χ2n) is 8.49. The number of carbonyl (C=O) groups excluding carboxylic acids is 2. The molecule has 3 N–H and O–H groups in total. The normalized spacial score (nSPS) is 27.1. The summed E-state index contributed by atoms with van der Waals surface area (Å²) in [5, 5.41) is 9.69. The summed E-state index contributed by atoms with van der Waals surface area (Å²) in [6.45, 7) is 6.40. The molecule has 1 unspecified atom stereocenters. The molecule has 3 rings (SSSR count). The minimum Gasteiger partial charge on any atom is -0.355 e. The van der Waals surface area contributed by atoms with Crippen LogP contribution in [0.25, 0.3) is 0 Å². The summed E-state index contributed by atoms with van der Waals surface area (Å²) in [6.07, 6.45) is 8.62. The number of urea groups is 1. The van der Waals surface area contributed by atoms with Crippen LogP contribution in [0.2, 0.25) is 0 Å². The molecule has 1 saturated carbocycles. The van der Waals surface area contributed by atoms with E-state index in [0.717, 1.165) is 64.7 Å². The molecule has 2 aliphatic heterocycles. The zero-order chi connectivity index (χ0) is 17.7. The van der Waals surface area contributed by atoms with Crippen LogP contribution in [0.4, 0.5) is 4.79 Å². The number of nitrogens with one attached hydrogen (secondary N) is 3. The molecule has 0 spiro atoms. The van der Waals surface area contributed by atoms with Gasteiger partial charge in [0.2, 0.25) is 5.91 Å². The fraction of sp³-hybridized carbons (Fsp3) is 0.895. The fourth-order valence-electron chi connectivity index (χ4n) is 4.36. The van der Waals surface area contributed by atoms with Gasteiger partial charge in [0.05, 0.1) is 5.92 Å². The van der Waals surface area contributed by atoms with Gasteiger partial charge in [-0.1, -0.05) is 19.8 Å². The first-order valence-electron chi connectivity index (χ1n) is 10.1. The average Bonchev–Trinajstić information content (AvgIpc) is 3.13. The number of hydrogen-bond acceptors (Lipinski definition) is 3. The number of amides is 3. The third-order valence-electron chi connectivity index (χ3n) is 6.26. The van der Waals surface area contributed by atoms with Crippen molar-refractivity contribution in [2.75, 3.05) is 32.7 Å². The Morgan fingerprint density at radius 2 is 1.84 bits per heavy atom. The number of hydrogen-bond donors (Lipinski definition) is 3. The van der Waals surface area contributed by atoms with Gasteiger partial charge in [-0.2, -0.15) is 0 Å². The van der Waals surface area contributed by atoms with E-state index in [1.807, 2.05) is 4.90 Å². The van der Waals surface area contributed by atoms with E-state index in [1.54, 1.807) is 0 Å². The van der Waals surface area contributed by atoms with Gasteiger partial charge in [-0.15, -0.1) is 0 Å². The molecule has 142 valence electrons. The lowest BCUT2D eigenvalue weighted by Gasteiger charge is -2.36. The van der Waals surface area contributed by atoms with Crippen molar-refractivity contribution < 1.29 is 9.59 Å². The first-order valence-corrected chi connectivity index (χ1v) is 10.1. The molecule has 0 aromatic rings. The lowest BCUT2D eigenvalue weighted by Crippen LogP contribution is -2.51. The van der Waals surface area contributed by atoms with Crippen LogP contribution in [-0.4, -0.2) is 55.6 Å². The standard InChI is InChI=1S/C19H34N4O2/c1-19(8-10-20-11-9-19)14-21-17(24)15-5-4-12-23(13-15)18(25)22-16-6-2-3-7-16/h15-16,20H,2-14H2,1H3,(H,21,24)(H,22,25). The average molecular weight is 351 g/mol. The van der Waals surface area contributed by atoms with Crippen LogP contribution in [0, 0.1) is 11.3 Å². The van der Waals surface area contributed by atoms with Crippen molar-refractivity contribution in [1.82, 2.24) is 20.9 Å². The third kappa shape index (κ3) is 5.09. The van der Waals surface area contributed by atoms with Gasteiger partial charge in [0.1, 0.15) is 0 Å². The molecule has 1 atom stereocenters. The predicted octanol–water partition coefficient (Wildman–Crippen LogP) is 1.86. The molecule has 0 bridgehead atoms. The van der Waals surface area contributed by atoms with E-state index in [1.165, 1.54) is 12.8 Å². The quantitative estimate of drug-likeness (QED) is 0.724. The van der Waals surface area contributed by atoms with E-state index < -0.39 is 0 Å². The van der Waals surface area contributed by atoms with Crippen LogP contribution in [0.1, 0.15) is 58.3 Å². The number of carbonyl (C=O) groups is 2. The summed E-state index contributed by atoms with van der Waals surface area (Å²) >= 11 is 0. The molecule has 3 fully saturated rings. The fourth-order valence-corrected chi connectivity index (χ4v) is 4.36. The largest absolute Gasteiger partial charge is 0.355 e. The van der Waals surface area contributed by atoms with Gasteiger partial charge in [-0.3, -0.25) is 4.79 Å². The maximum Gasteiger partial charge on any atom is 0.317 e. The molecule has 2 heterocycles. The summed E-state index contributed by atoms with van der Waals surface area (Å²) in [4.78, 5) is 26.9. The van der Waals surface area contributed by atoms with E-state index in [-0.39, 0.29) is 23.3 Å². The van der Waals surface area contributed by atoms with Gasteiger partial charge in [-0.05, 0) is 57.0 Å². The molecule has 6 nitrogen and oxygen atoms in total. The van der Waals surface area contributed by atoms with Crippen molar-refractivity contribution in [3.63, 3.8) is 0 Å². The van der Waals surface area contributed by atoms with Gasteiger partial charge in [0.25, 0.3) is 0 Å². The monoisotopic (exact) mass is 350 g/mol. The zero-order valence-electron chi connectivity index (χ0n) is 15.6. The highest BCUT2D eigenvalue weighted by Crippen LogP contribution is 2.27. The molecule has 0 aromatic carbocycles. The zero-order valence-corrected chi connectivity index (χ0v) is 15.6. The predicted molar refractivity (Wildman–Crippen MR) is 98.3 cm³/mol. The Morgan fingerprint density at radius 1 is 1.12 bits per heavy atom. The Kier molecular flexibility index (Phi) is 6.20. The Labute approximate surface area is 151 Å². The van der Waals surface area contributed by atoms with E-state index >= 15 is 0 Å². The molecule has 2 saturated heterocycles. The van der Waals surface area contributed by atoms with Crippen LogP contribution in [0.3, 0.4) is 0 Å².